The van der Waals surface area contributed by atoms with E-state index in [0.717, 1.165) is 44.0 Å². The molecule has 1 saturated carbocycles. The molecule has 1 heterocycles. The average Bonchev–Trinajstić information content (AvgIpc) is 2.71. The SMILES string of the molecule is NCC1CCC(CN(Cc2cccc(Cl)c2Cl)c2ncc([N+](=O)[O-])c(N)n2)CC1. The molecule has 0 saturated heterocycles. The minimum absolute atomic E-state index is 0.158. The first kappa shape index (κ1) is 21.5. The first-order valence-electron chi connectivity index (χ1n) is 9.53. The van der Waals surface area contributed by atoms with Crippen LogP contribution in [0.5, 0.6) is 0 Å². The fourth-order valence-electron chi connectivity index (χ4n) is 3.73. The van der Waals surface area contributed by atoms with Gasteiger partial charge in [-0.15, -0.1) is 0 Å². The molecule has 1 aromatic heterocycles. The third-order valence-electron chi connectivity index (χ3n) is 5.44. The van der Waals surface area contributed by atoms with Crippen LogP contribution in [0.25, 0.3) is 0 Å². The summed E-state index contributed by atoms with van der Waals surface area (Å²) in [6.07, 6.45) is 5.45. The zero-order valence-corrected chi connectivity index (χ0v) is 17.4. The molecule has 0 amide bonds. The Morgan fingerprint density at radius 3 is 2.52 bits per heavy atom. The molecular formula is C19H24Cl2N6O2. The second-order valence-corrected chi connectivity index (χ2v) is 8.20. The molecule has 156 valence electrons. The van der Waals surface area contributed by atoms with Crippen molar-refractivity contribution in [1.29, 1.82) is 0 Å². The lowest BCUT2D eigenvalue weighted by molar-refractivity contribution is -0.384. The van der Waals surface area contributed by atoms with E-state index in [2.05, 4.69) is 9.97 Å². The number of benzene rings is 1. The van der Waals surface area contributed by atoms with Crippen molar-refractivity contribution in [3.8, 4) is 0 Å². The highest BCUT2D eigenvalue weighted by Crippen LogP contribution is 2.32. The number of halogens is 2. The fourth-order valence-corrected chi connectivity index (χ4v) is 4.11. The van der Waals surface area contributed by atoms with Crippen molar-refractivity contribution in [2.24, 2.45) is 17.6 Å². The van der Waals surface area contributed by atoms with Crippen LogP contribution in [0.2, 0.25) is 10.0 Å². The molecule has 3 rings (SSSR count). The van der Waals surface area contributed by atoms with Gasteiger partial charge < -0.3 is 16.4 Å². The zero-order chi connectivity index (χ0) is 21.0. The number of nitrogens with two attached hydrogens (primary N) is 2. The minimum Gasteiger partial charge on any atom is -0.378 e. The summed E-state index contributed by atoms with van der Waals surface area (Å²) >= 11 is 12.5. The number of nitrogen functional groups attached to an aromatic ring is 1. The number of nitrogens with zero attached hydrogens (tertiary/aromatic N) is 4. The van der Waals surface area contributed by atoms with Gasteiger partial charge in [0.05, 0.1) is 15.0 Å². The fraction of sp³-hybridized carbons (Fsp3) is 0.474. The lowest BCUT2D eigenvalue weighted by Crippen LogP contribution is -2.33. The maximum atomic E-state index is 11.0. The van der Waals surface area contributed by atoms with Crippen molar-refractivity contribution >= 4 is 40.7 Å². The molecule has 0 atom stereocenters. The zero-order valence-electron chi connectivity index (χ0n) is 15.9. The summed E-state index contributed by atoms with van der Waals surface area (Å²) in [5.74, 6) is 1.20. The Labute approximate surface area is 179 Å². The van der Waals surface area contributed by atoms with Gasteiger partial charge in [0.15, 0.2) is 0 Å². The third kappa shape index (κ3) is 5.26. The highest BCUT2D eigenvalue weighted by molar-refractivity contribution is 6.42. The minimum atomic E-state index is -0.592. The summed E-state index contributed by atoms with van der Waals surface area (Å²) in [6, 6.07) is 5.45. The number of hydrogen-bond donors (Lipinski definition) is 2. The molecule has 10 heteroatoms. The van der Waals surface area contributed by atoms with E-state index in [4.69, 9.17) is 34.7 Å². The van der Waals surface area contributed by atoms with Crippen molar-refractivity contribution in [2.45, 2.75) is 32.2 Å². The Kier molecular flexibility index (Phi) is 7.10. The van der Waals surface area contributed by atoms with Crippen LogP contribution in [-0.2, 0) is 6.54 Å². The third-order valence-corrected chi connectivity index (χ3v) is 6.29. The largest absolute Gasteiger partial charge is 0.378 e. The van der Waals surface area contributed by atoms with E-state index in [0.29, 0.717) is 40.9 Å². The first-order valence-corrected chi connectivity index (χ1v) is 10.3. The molecule has 0 aliphatic heterocycles. The predicted molar refractivity (Wildman–Crippen MR) is 115 cm³/mol. The molecule has 1 aliphatic rings. The molecular weight excluding hydrogens is 415 g/mol. The summed E-state index contributed by atoms with van der Waals surface area (Å²) in [5, 5.41) is 12.0. The predicted octanol–water partition coefficient (Wildman–Crippen LogP) is 4.05. The van der Waals surface area contributed by atoms with E-state index in [1.165, 1.54) is 0 Å². The quantitative estimate of drug-likeness (QED) is 0.493. The topological polar surface area (TPSA) is 124 Å². The molecule has 29 heavy (non-hydrogen) atoms. The van der Waals surface area contributed by atoms with E-state index in [-0.39, 0.29) is 11.5 Å². The standard InChI is InChI=1S/C19H24Cl2N6O2/c20-15-3-1-2-14(17(15)21)11-26(10-13-6-4-12(8-22)5-7-13)19-24-9-16(27(28)29)18(23)25-19/h1-3,9,12-13H,4-8,10-11,22H2,(H2,23,24,25). The molecule has 4 N–H and O–H groups in total. The molecule has 2 aromatic rings. The van der Waals surface area contributed by atoms with Crippen LogP contribution in [0.3, 0.4) is 0 Å². The Hall–Kier alpha value is -2.16. The molecule has 1 fully saturated rings. The van der Waals surface area contributed by atoms with E-state index < -0.39 is 4.92 Å². The van der Waals surface area contributed by atoms with Gasteiger partial charge >= 0.3 is 5.69 Å². The van der Waals surface area contributed by atoms with Crippen LogP contribution < -0.4 is 16.4 Å². The lowest BCUT2D eigenvalue weighted by Gasteiger charge is -2.32. The van der Waals surface area contributed by atoms with Gasteiger partial charge in [-0.3, -0.25) is 10.1 Å². The van der Waals surface area contributed by atoms with E-state index in [1.54, 1.807) is 6.07 Å². The van der Waals surface area contributed by atoms with Crippen molar-refractivity contribution in [1.82, 2.24) is 9.97 Å². The van der Waals surface area contributed by atoms with Crippen LogP contribution >= 0.6 is 23.2 Å². The smallest absolute Gasteiger partial charge is 0.329 e. The van der Waals surface area contributed by atoms with E-state index in [1.807, 2.05) is 17.0 Å². The van der Waals surface area contributed by atoms with Gasteiger partial charge in [0.2, 0.25) is 11.8 Å². The highest BCUT2D eigenvalue weighted by Gasteiger charge is 2.25. The number of hydrogen-bond acceptors (Lipinski definition) is 7. The van der Waals surface area contributed by atoms with Gasteiger partial charge in [0.1, 0.15) is 6.20 Å². The average molecular weight is 439 g/mol. The molecule has 0 bridgehead atoms. The van der Waals surface area contributed by atoms with E-state index in [9.17, 15) is 10.1 Å². The Morgan fingerprint density at radius 2 is 1.90 bits per heavy atom. The van der Waals surface area contributed by atoms with Gasteiger partial charge in [-0.25, -0.2) is 4.98 Å². The molecule has 0 radical (unpaired) electrons. The Morgan fingerprint density at radius 1 is 1.21 bits per heavy atom. The van der Waals surface area contributed by atoms with Crippen LogP contribution in [-0.4, -0.2) is 28.0 Å². The normalized spacial score (nSPS) is 19.1. The van der Waals surface area contributed by atoms with Crippen LogP contribution in [0.15, 0.2) is 24.4 Å². The first-order chi connectivity index (χ1) is 13.9. The number of rotatable bonds is 7. The van der Waals surface area contributed by atoms with Crippen molar-refractivity contribution in [3.63, 3.8) is 0 Å². The van der Waals surface area contributed by atoms with Gasteiger partial charge in [-0.2, -0.15) is 4.98 Å². The Bertz CT molecular complexity index is 874. The second kappa shape index (κ2) is 9.56. The van der Waals surface area contributed by atoms with Gasteiger partial charge in [-0.05, 0) is 55.7 Å². The van der Waals surface area contributed by atoms with Gasteiger partial charge in [-0.1, -0.05) is 35.3 Å². The van der Waals surface area contributed by atoms with Crippen LogP contribution in [0, 0.1) is 22.0 Å². The van der Waals surface area contributed by atoms with Gasteiger partial charge in [0, 0.05) is 13.1 Å². The molecule has 8 nitrogen and oxygen atoms in total. The number of aromatic nitrogens is 2. The van der Waals surface area contributed by atoms with Crippen molar-refractivity contribution in [3.05, 3.63) is 50.1 Å². The van der Waals surface area contributed by atoms with Crippen LogP contribution in [0.1, 0.15) is 31.2 Å². The summed E-state index contributed by atoms with van der Waals surface area (Å²) in [6.45, 7) is 1.83. The highest BCUT2D eigenvalue weighted by atomic mass is 35.5. The number of nitro groups is 1. The van der Waals surface area contributed by atoms with Gasteiger partial charge in [0.25, 0.3) is 0 Å². The van der Waals surface area contributed by atoms with Crippen LogP contribution in [0.4, 0.5) is 17.5 Å². The van der Waals surface area contributed by atoms with Crippen molar-refractivity contribution < 1.29 is 4.92 Å². The molecule has 0 unspecified atom stereocenters. The van der Waals surface area contributed by atoms with Crippen molar-refractivity contribution in [2.75, 3.05) is 23.7 Å². The molecule has 1 aliphatic carbocycles. The maximum absolute atomic E-state index is 11.0. The Balaban J connectivity index is 1.86. The molecule has 1 aromatic carbocycles. The maximum Gasteiger partial charge on any atom is 0.329 e. The summed E-state index contributed by atoms with van der Waals surface area (Å²) in [7, 11) is 0. The summed E-state index contributed by atoms with van der Waals surface area (Å²) in [5.41, 5.74) is 12.1. The number of anilines is 2. The lowest BCUT2D eigenvalue weighted by atomic mass is 9.82. The molecule has 0 spiro atoms. The summed E-state index contributed by atoms with van der Waals surface area (Å²) < 4.78 is 0. The van der Waals surface area contributed by atoms with E-state index >= 15 is 0 Å². The second-order valence-electron chi connectivity index (χ2n) is 7.41. The summed E-state index contributed by atoms with van der Waals surface area (Å²) in [4.78, 5) is 20.8. The monoisotopic (exact) mass is 438 g/mol.